The van der Waals surface area contributed by atoms with E-state index in [9.17, 15) is 32.7 Å². The van der Waals surface area contributed by atoms with Gasteiger partial charge in [-0.15, -0.1) is 5.10 Å². The van der Waals surface area contributed by atoms with E-state index in [-0.39, 0.29) is 58.0 Å². The van der Waals surface area contributed by atoms with Crippen LogP contribution in [-0.2, 0) is 32.6 Å². The van der Waals surface area contributed by atoms with Crippen LogP contribution in [0.5, 0.6) is 5.75 Å². The number of carbonyl (C=O) groups excluding carboxylic acids is 2. The number of hydrogen-bond donors (Lipinski definition) is 2. The molecule has 2 N–H and O–H groups in total. The Morgan fingerprint density at radius 2 is 2.04 bits per heavy atom. The van der Waals surface area contributed by atoms with Crippen molar-refractivity contribution in [2.24, 2.45) is 0 Å². The average Bonchev–Trinajstić information content (AvgIpc) is 3.66. The van der Waals surface area contributed by atoms with Crippen molar-refractivity contribution in [3.8, 4) is 5.75 Å². The van der Waals surface area contributed by atoms with Crippen molar-refractivity contribution in [3.63, 3.8) is 0 Å². The van der Waals surface area contributed by atoms with Gasteiger partial charge in [0, 0.05) is 19.2 Å². The molecule has 1 aromatic carbocycles. The Morgan fingerprint density at radius 3 is 2.72 bits per heavy atom. The molecule has 0 unspecified atom stereocenters. The molecule has 1 saturated heterocycles. The number of halogens is 5. The Labute approximate surface area is 285 Å². The number of carbonyl (C=O) groups is 2. The summed E-state index contributed by atoms with van der Waals surface area (Å²) < 4.78 is 70.1. The van der Waals surface area contributed by atoms with Crippen LogP contribution in [0.25, 0.3) is 11.4 Å². The SMILES string of the molecule is C[C@@H]1O[C@@]2(CCN(C(=O)c3ncccc3O)C[C@@H]2F)c2c1n(CC(=O)Nc1ccc(C(F)(F)F)cc1Cl)c1nc(C3=CCOCC3)nn1c2=O. The zero-order chi connectivity index (χ0) is 35.5. The minimum absolute atomic E-state index is 0.0500. The summed E-state index contributed by atoms with van der Waals surface area (Å²) in [5.74, 6) is -1.67. The van der Waals surface area contributed by atoms with E-state index in [0.29, 0.717) is 31.3 Å². The topological polar surface area (TPSA) is 153 Å². The highest BCUT2D eigenvalue weighted by molar-refractivity contribution is 6.33. The largest absolute Gasteiger partial charge is 0.505 e. The fourth-order valence-electron chi connectivity index (χ4n) is 6.67. The molecule has 262 valence electrons. The molecule has 3 atom stereocenters. The predicted octanol–water partition coefficient (Wildman–Crippen LogP) is 4.28. The second kappa shape index (κ2) is 12.5. The summed E-state index contributed by atoms with van der Waals surface area (Å²) in [6.45, 7) is 1.17. The standard InChI is InChI=1S/C32H28ClF4N7O6/c1-16-26-24(31(50-16)8-10-42(14-22(31)34)29(48)25-21(45)3-2-9-38-25)28(47)44-30(40-27(41-44)17-6-11-49-12-7-17)43(26)15-23(46)39-20-5-4-18(13-19(20)33)32(35,36)37/h2-6,9,13,16,22,45H,7-8,10-12,14-15H2,1H3,(H,39,46)/t16-,22-,31+/m0/s1. The summed E-state index contributed by atoms with van der Waals surface area (Å²) in [6, 6.07) is 5.21. The second-order valence-electron chi connectivity index (χ2n) is 12.1. The average molecular weight is 718 g/mol. The van der Waals surface area contributed by atoms with E-state index >= 15 is 4.39 Å². The molecule has 18 heteroatoms. The quantitative estimate of drug-likeness (QED) is 0.288. The maximum absolute atomic E-state index is 16.5. The molecule has 3 aromatic heterocycles. The van der Waals surface area contributed by atoms with Crippen molar-refractivity contribution in [2.45, 2.75) is 50.4 Å². The van der Waals surface area contributed by atoms with E-state index in [4.69, 9.17) is 21.1 Å². The minimum Gasteiger partial charge on any atom is -0.505 e. The summed E-state index contributed by atoms with van der Waals surface area (Å²) in [7, 11) is 0. The number of benzene rings is 1. The number of likely N-dealkylation sites (tertiary alicyclic amines) is 1. The van der Waals surface area contributed by atoms with Gasteiger partial charge in [-0.3, -0.25) is 14.4 Å². The Hall–Kier alpha value is -4.87. The minimum atomic E-state index is -4.65. The number of hydrogen-bond acceptors (Lipinski definition) is 9. The van der Waals surface area contributed by atoms with Crippen LogP contribution in [0.15, 0.2) is 47.4 Å². The van der Waals surface area contributed by atoms with E-state index in [0.717, 1.165) is 16.6 Å². The Kier molecular flexibility index (Phi) is 8.39. The number of pyridine rings is 1. The van der Waals surface area contributed by atoms with Crippen molar-refractivity contribution >= 4 is 40.5 Å². The summed E-state index contributed by atoms with van der Waals surface area (Å²) in [5.41, 5.74) is -3.16. The Bertz CT molecular complexity index is 2140. The fraction of sp³-hybridized carbons (Fsp3) is 0.375. The van der Waals surface area contributed by atoms with Crippen molar-refractivity contribution in [2.75, 3.05) is 31.6 Å². The van der Waals surface area contributed by atoms with Gasteiger partial charge in [-0.25, -0.2) is 9.37 Å². The van der Waals surface area contributed by atoms with Gasteiger partial charge in [0.15, 0.2) is 17.7 Å². The van der Waals surface area contributed by atoms with Gasteiger partial charge in [0.1, 0.15) is 17.9 Å². The molecule has 0 radical (unpaired) electrons. The molecule has 50 heavy (non-hydrogen) atoms. The third-order valence-corrected chi connectivity index (χ3v) is 9.33. The maximum atomic E-state index is 16.5. The van der Waals surface area contributed by atoms with E-state index in [1.807, 2.05) is 0 Å². The molecule has 0 saturated carbocycles. The first-order chi connectivity index (χ1) is 23.8. The van der Waals surface area contributed by atoms with Crippen molar-refractivity contribution < 1.29 is 41.7 Å². The smallest absolute Gasteiger partial charge is 0.416 e. The number of ether oxygens (including phenoxy) is 2. The number of aromatic nitrogens is 5. The number of anilines is 1. The number of amides is 2. The lowest BCUT2D eigenvalue weighted by Crippen LogP contribution is -2.55. The zero-order valence-corrected chi connectivity index (χ0v) is 27.0. The molecule has 0 aliphatic carbocycles. The number of rotatable bonds is 5. The van der Waals surface area contributed by atoms with E-state index in [2.05, 4.69) is 20.4 Å². The van der Waals surface area contributed by atoms with Crippen LogP contribution in [0.4, 0.5) is 23.2 Å². The third-order valence-electron chi connectivity index (χ3n) is 9.02. The molecule has 1 fully saturated rings. The number of piperidine rings is 1. The Balaban J connectivity index is 1.29. The lowest BCUT2D eigenvalue weighted by molar-refractivity contribution is -0.143. The molecule has 3 aliphatic heterocycles. The molecule has 7 rings (SSSR count). The molecule has 6 heterocycles. The molecule has 1 spiro atoms. The second-order valence-corrected chi connectivity index (χ2v) is 12.5. The van der Waals surface area contributed by atoms with E-state index < -0.39 is 60.1 Å². The number of alkyl halides is 4. The van der Waals surface area contributed by atoms with Crippen LogP contribution in [0.3, 0.4) is 0 Å². The Morgan fingerprint density at radius 1 is 1.24 bits per heavy atom. The molecule has 2 amide bonds. The zero-order valence-electron chi connectivity index (χ0n) is 26.2. The highest BCUT2D eigenvalue weighted by Crippen LogP contribution is 2.49. The van der Waals surface area contributed by atoms with Crippen LogP contribution in [0.1, 0.15) is 59.0 Å². The van der Waals surface area contributed by atoms with Gasteiger partial charge in [0.25, 0.3) is 11.5 Å². The number of aromatic hydroxyl groups is 1. The monoisotopic (exact) mass is 717 g/mol. The highest BCUT2D eigenvalue weighted by Gasteiger charge is 2.56. The van der Waals surface area contributed by atoms with Gasteiger partial charge >= 0.3 is 6.18 Å². The van der Waals surface area contributed by atoms with Crippen LogP contribution >= 0.6 is 11.6 Å². The molecular formula is C32H28ClF4N7O6. The summed E-state index contributed by atoms with van der Waals surface area (Å²) in [6.07, 6.45) is -4.17. The fourth-order valence-corrected chi connectivity index (χ4v) is 6.90. The summed E-state index contributed by atoms with van der Waals surface area (Å²) >= 11 is 6.09. The first-order valence-electron chi connectivity index (χ1n) is 15.5. The highest BCUT2D eigenvalue weighted by atomic mass is 35.5. The summed E-state index contributed by atoms with van der Waals surface area (Å²) in [4.78, 5) is 50.6. The summed E-state index contributed by atoms with van der Waals surface area (Å²) in [5, 5.41) is 16.7. The van der Waals surface area contributed by atoms with Crippen LogP contribution in [0.2, 0.25) is 5.02 Å². The first-order valence-corrected chi connectivity index (χ1v) is 15.9. The third kappa shape index (κ3) is 5.68. The molecule has 4 aromatic rings. The van der Waals surface area contributed by atoms with Gasteiger partial charge in [-0.05, 0) is 49.2 Å². The molecule has 0 bridgehead atoms. The number of fused-ring (bicyclic) bond motifs is 3. The number of nitrogens with one attached hydrogen (secondary N) is 1. The van der Waals surface area contributed by atoms with Crippen LogP contribution in [-0.4, -0.2) is 78.4 Å². The van der Waals surface area contributed by atoms with Crippen molar-refractivity contribution in [1.29, 1.82) is 0 Å². The molecular weight excluding hydrogens is 690 g/mol. The van der Waals surface area contributed by atoms with Gasteiger partial charge in [0.05, 0.1) is 53.4 Å². The van der Waals surface area contributed by atoms with Crippen molar-refractivity contribution in [3.05, 3.63) is 86.3 Å². The van der Waals surface area contributed by atoms with Gasteiger partial charge in [-0.2, -0.15) is 22.7 Å². The van der Waals surface area contributed by atoms with Gasteiger partial charge in [0.2, 0.25) is 11.7 Å². The first kappa shape index (κ1) is 33.6. The van der Waals surface area contributed by atoms with Crippen LogP contribution in [0, 0.1) is 0 Å². The van der Waals surface area contributed by atoms with E-state index in [1.165, 1.54) is 27.8 Å². The predicted molar refractivity (Wildman–Crippen MR) is 168 cm³/mol. The lowest BCUT2D eigenvalue weighted by atomic mass is 9.83. The normalized spacial score (nSPS) is 22.1. The van der Waals surface area contributed by atoms with Crippen LogP contribution < -0.4 is 10.9 Å². The maximum Gasteiger partial charge on any atom is 0.416 e. The van der Waals surface area contributed by atoms with E-state index in [1.54, 1.807) is 13.0 Å². The number of nitrogens with zero attached hydrogens (tertiary/aromatic N) is 6. The molecule has 13 nitrogen and oxygen atoms in total. The molecule has 3 aliphatic rings. The lowest BCUT2D eigenvalue weighted by Gasteiger charge is -2.41. The van der Waals surface area contributed by atoms with Gasteiger partial charge in [-0.1, -0.05) is 17.7 Å². The van der Waals surface area contributed by atoms with Crippen molar-refractivity contribution in [1.82, 2.24) is 29.0 Å². The van der Waals surface area contributed by atoms with Gasteiger partial charge < -0.3 is 29.4 Å².